The molecule has 0 saturated carbocycles. The summed E-state index contributed by atoms with van der Waals surface area (Å²) in [7, 11) is 3.04. The van der Waals surface area contributed by atoms with Gasteiger partial charge < -0.3 is 19.5 Å². The van der Waals surface area contributed by atoms with E-state index in [9.17, 15) is 14.7 Å². The number of carbonyl (C=O) groups excluding carboxylic acids is 2. The maximum Gasteiger partial charge on any atom is 0.295 e. The molecule has 7 heteroatoms. The number of hydrogen-bond donors (Lipinski definition) is 1. The van der Waals surface area contributed by atoms with E-state index in [-0.39, 0.29) is 17.9 Å². The highest BCUT2D eigenvalue weighted by Gasteiger charge is 2.47. The van der Waals surface area contributed by atoms with Gasteiger partial charge in [0.1, 0.15) is 17.3 Å². The molecule has 3 aromatic rings. The Labute approximate surface area is 191 Å². The predicted molar refractivity (Wildman–Crippen MR) is 123 cm³/mol. The lowest BCUT2D eigenvalue weighted by Gasteiger charge is -2.27. The monoisotopic (exact) mass is 444 g/mol. The highest BCUT2D eigenvalue weighted by Crippen LogP contribution is 2.44. The second-order valence-corrected chi connectivity index (χ2v) is 7.76. The summed E-state index contributed by atoms with van der Waals surface area (Å²) in [5.41, 5.74) is 2.75. The number of ketones is 1. The molecular weight excluding hydrogens is 420 g/mol. The lowest BCUT2D eigenvalue weighted by molar-refractivity contribution is -0.140. The van der Waals surface area contributed by atoms with Crippen LogP contribution < -0.4 is 9.47 Å². The fraction of sp³-hybridized carbons (Fsp3) is 0.192. The lowest BCUT2D eigenvalue weighted by atomic mass is 9.94. The molecule has 7 nitrogen and oxygen atoms in total. The number of ether oxygens (including phenoxy) is 2. The van der Waals surface area contributed by atoms with Crippen molar-refractivity contribution in [3.05, 3.63) is 94.8 Å². The van der Waals surface area contributed by atoms with E-state index < -0.39 is 17.7 Å². The quantitative estimate of drug-likeness (QED) is 0.351. The molecule has 1 atom stereocenters. The average Bonchev–Trinajstić information content (AvgIpc) is 3.09. The molecule has 1 aromatic heterocycles. The van der Waals surface area contributed by atoms with E-state index in [2.05, 4.69) is 4.98 Å². The minimum Gasteiger partial charge on any atom is -0.507 e. The molecule has 1 saturated heterocycles. The van der Waals surface area contributed by atoms with Crippen molar-refractivity contribution in [3.8, 4) is 11.5 Å². The van der Waals surface area contributed by atoms with Crippen LogP contribution in [0.4, 0.5) is 0 Å². The molecule has 33 heavy (non-hydrogen) atoms. The first-order valence-electron chi connectivity index (χ1n) is 10.4. The van der Waals surface area contributed by atoms with E-state index in [0.717, 1.165) is 11.1 Å². The molecule has 168 valence electrons. The molecule has 1 fully saturated rings. The summed E-state index contributed by atoms with van der Waals surface area (Å²) in [5, 5.41) is 11.2. The third-order valence-corrected chi connectivity index (χ3v) is 5.67. The summed E-state index contributed by atoms with van der Waals surface area (Å²) in [6.07, 6.45) is 3.27. The van der Waals surface area contributed by atoms with Crippen molar-refractivity contribution in [2.75, 3.05) is 14.2 Å². The summed E-state index contributed by atoms with van der Waals surface area (Å²) >= 11 is 0. The van der Waals surface area contributed by atoms with Crippen molar-refractivity contribution >= 4 is 17.4 Å². The first-order valence-corrected chi connectivity index (χ1v) is 10.4. The number of aliphatic hydroxyl groups excluding tert-OH is 1. The van der Waals surface area contributed by atoms with Crippen LogP contribution in [-0.4, -0.2) is 40.9 Å². The maximum absolute atomic E-state index is 13.2. The van der Waals surface area contributed by atoms with E-state index in [4.69, 9.17) is 9.47 Å². The molecular formula is C26H24N2O5. The second kappa shape index (κ2) is 9.16. The number of aryl methyl sites for hydroxylation is 1. The van der Waals surface area contributed by atoms with E-state index in [1.54, 1.807) is 48.8 Å². The van der Waals surface area contributed by atoms with Crippen LogP contribution >= 0.6 is 0 Å². The van der Waals surface area contributed by atoms with E-state index in [1.165, 1.54) is 19.1 Å². The number of likely N-dealkylation sites (tertiary alicyclic amines) is 1. The summed E-state index contributed by atoms with van der Waals surface area (Å²) in [5.74, 6) is -0.701. The van der Waals surface area contributed by atoms with Crippen LogP contribution in [0.1, 0.15) is 28.3 Å². The number of hydrogen-bond acceptors (Lipinski definition) is 6. The van der Waals surface area contributed by atoms with E-state index in [0.29, 0.717) is 22.6 Å². The molecule has 4 rings (SSSR count). The molecule has 0 aliphatic carbocycles. The van der Waals surface area contributed by atoms with Gasteiger partial charge in [0.25, 0.3) is 11.7 Å². The Morgan fingerprint density at radius 2 is 1.82 bits per heavy atom. The van der Waals surface area contributed by atoms with Gasteiger partial charge >= 0.3 is 0 Å². The number of methoxy groups -OCH3 is 2. The largest absolute Gasteiger partial charge is 0.507 e. The molecule has 2 aromatic carbocycles. The van der Waals surface area contributed by atoms with Crippen LogP contribution in [0.25, 0.3) is 5.76 Å². The SMILES string of the molecule is COc1ccc(OC)c([C@H]2/C(=C(\O)c3ccc(C)cc3)C(=O)C(=O)N2Cc2cccnc2)c1. The van der Waals surface area contributed by atoms with Crippen molar-refractivity contribution in [1.82, 2.24) is 9.88 Å². The van der Waals surface area contributed by atoms with Crippen molar-refractivity contribution in [2.24, 2.45) is 0 Å². The molecule has 1 aliphatic rings. The van der Waals surface area contributed by atoms with Gasteiger partial charge in [-0.25, -0.2) is 0 Å². The van der Waals surface area contributed by atoms with Crippen molar-refractivity contribution in [2.45, 2.75) is 19.5 Å². The number of aromatic nitrogens is 1. The maximum atomic E-state index is 13.2. The smallest absolute Gasteiger partial charge is 0.295 e. The van der Waals surface area contributed by atoms with Crippen LogP contribution in [0.15, 0.2) is 72.6 Å². The third kappa shape index (κ3) is 4.17. The summed E-state index contributed by atoms with van der Waals surface area (Å²) in [6, 6.07) is 15.0. The summed E-state index contributed by atoms with van der Waals surface area (Å²) < 4.78 is 10.9. The van der Waals surface area contributed by atoms with Crippen LogP contribution in [0.3, 0.4) is 0 Å². The second-order valence-electron chi connectivity index (χ2n) is 7.76. The van der Waals surface area contributed by atoms with E-state index >= 15 is 0 Å². The van der Waals surface area contributed by atoms with Gasteiger partial charge in [0.15, 0.2) is 0 Å². The standard InChI is InChI=1S/C26H24N2O5/c1-16-6-8-18(9-7-16)24(29)22-23(20-13-19(32-2)10-11-21(20)33-3)28(26(31)25(22)30)15-17-5-4-12-27-14-17/h4-14,23,29H,15H2,1-3H3/b24-22+/t23-/m0/s1. The number of nitrogens with zero attached hydrogens (tertiary/aromatic N) is 2. The number of carbonyl (C=O) groups is 2. The predicted octanol–water partition coefficient (Wildman–Crippen LogP) is 4.03. The number of aliphatic hydroxyl groups is 1. The third-order valence-electron chi connectivity index (χ3n) is 5.67. The topological polar surface area (TPSA) is 89.0 Å². The molecule has 1 N–H and O–H groups in total. The number of rotatable bonds is 6. The highest BCUT2D eigenvalue weighted by atomic mass is 16.5. The number of benzene rings is 2. The van der Waals surface area contributed by atoms with Crippen LogP contribution in [-0.2, 0) is 16.1 Å². The Kier molecular flexibility index (Phi) is 6.13. The van der Waals surface area contributed by atoms with Gasteiger partial charge in [0, 0.05) is 30.1 Å². The Bertz CT molecular complexity index is 1220. The van der Waals surface area contributed by atoms with Crippen molar-refractivity contribution in [3.63, 3.8) is 0 Å². The van der Waals surface area contributed by atoms with Gasteiger partial charge in [-0.2, -0.15) is 0 Å². The van der Waals surface area contributed by atoms with Gasteiger partial charge in [0.2, 0.25) is 0 Å². The Morgan fingerprint density at radius 1 is 1.06 bits per heavy atom. The molecule has 0 radical (unpaired) electrons. The van der Waals surface area contributed by atoms with Gasteiger partial charge in [-0.05, 0) is 36.8 Å². The minimum atomic E-state index is -0.878. The molecule has 0 spiro atoms. The first-order chi connectivity index (χ1) is 15.9. The zero-order valence-electron chi connectivity index (χ0n) is 18.6. The lowest BCUT2D eigenvalue weighted by Crippen LogP contribution is -2.29. The Hall–Kier alpha value is -4.13. The zero-order chi connectivity index (χ0) is 23.5. The zero-order valence-corrected chi connectivity index (χ0v) is 18.6. The molecule has 2 heterocycles. The van der Waals surface area contributed by atoms with Gasteiger partial charge in [-0.1, -0.05) is 35.9 Å². The molecule has 0 unspecified atom stereocenters. The van der Waals surface area contributed by atoms with Crippen LogP contribution in [0.2, 0.25) is 0 Å². The van der Waals surface area contributed by atoms with Gasteiger partial charge in [-0.3, -0.25) is 14.6 Å². The Balaban J connectivity index is 1.93. The average molecular weight is 444 g/mol. The molecule has 0 bridgehead atoms. The van der Waals surface area contributed by atoms with Crippen LogP contribution in [0, 0.1) is 6.92 Å². The summed E-state index contributed by atoms with van der Waals surface area (Å²) in [6.45, 7) is 2.06. The fourth-order valence-electron chi connectivity index (χ4n) is 3.97. The summed E-state index contributed by atoms with van der Waals surface area (Å²) in [4.78, 5) is 32.0. The number of Topliss-reactive ketones (excluding diaryl/α,β-unsaturated/α-hetero) is 1. The minimum absolute atomic E-state index is 0.000651. The normalized spacial score (nSPS) is 17.3. The van der Waals surface area contributed by atoms with E-state index in [1.807, 2.05) is 25.1 Å². The van der Waals surface area contributed by atoms with Gasteiger partial charge in [0.05, 0.1) is 25.8 Å². The molecule has 1 amide bonds. The van der Waals surface area contributed by atoms with Gasteiger partial charge in [-0.15, -0.1) is 0 Å². The highest BCUT2D eigenvalue weighted by molar-refractivity contribution is 6.46. The number of pyridine rings is 1. The molecule has 1 aliphatic heterocycles. The van der Waals surface area contributed by atoms with Crippen LogP contribution in [0.5, 0.6) is 11.5 Å². The van der Waals surface area contributed by atoms with Crippen molar-refractivity contribution < 1.29 is 24.2 Å². The Morgan fingerprint density at radius 3 is 2.45 bits per heavy atom. The fourth-order valence-corrected chi connectivity index (χ4v) is 3.97. The van der Waals surface area contributed by atoms with Crippen molar-refractivity contribution in [1.29, 1.82) is 0 Å². The first kappa shape index (κ1) is 22.1. The number of amides is 1.